The smallest absolute Gasteiger partial charge is 0.221 e. The van der Waals surface area contributed by atoms with Crippen LogP contribution < -0.4 is 5.73 Å². The Morgan fingerprint density at radius 1 is 1.20 bits per heavy atom. The fraction of sp³-hybridized carbons (Fsp3) is 0.0909. The van der Waals surface area contributed by atoms with Gasteiger partial charge >= 0.3 is 0 Å². The predicted octanol–water partition coefficient (Wildman–Crippen LogP) is 1.56. The minimum atomic E-state index is -3.44. The van der Waals surface area contributed by atoms with Crippen LogP contribution in [0.3, 0.4) is 0 Å². The first-order valence-electron chi connectivity index (χ1n) is 4.51. The van der Waals surface area contributed by atoms with E-state index in [9.17, 15) is 8.42 Å². The Morgan fingerprint density at radius 2 is 1.93 bits per heavy atom. The van der Waals surface area contributed by atoms with E-state index in [4.69, 9.17) is 5.73 Å². The first kappa shape index (κ1) is 9.98. The lowest BCUT2D eigenvalue weighted by atomic mass is 10.1. The topological polar surface area (TPSA) is 60.2 Å². The van der Waals surface area contributed by atoms with Crippen molar-refractivity contribution >= 4 is 14.7 Å². The van der Waals surface area contributed by atoms with Crippen LogP contribution in [0.5, 0.6) is 0 Å². The molecule has 0 bridgehead atoms. The standard InChI is InChI=1S/C11H11NO2S/c1-8-3-2-4-9(7-8)10-5-6-11(12)15(10,13)14/h2-7H,12H2,1H3. The van der Waals surface area contributed by atoms with Crippen molar-refractivity contribution in [1.82, 2.24) is 0 Å². The molecule has 1 aliphatic rings. The fourth-order valence-corrected chi connectivity index (χ4v) is 2.70. The molecule has 2 N–H and O–H groups in total. The lowest BCUT2D eigenvalue weighted by Gasteiger charge is -2.05. The average Bonchev–Trinajstić information content (AvgIpc) is 2.42. The molecule has 0 amide bonds. The second-order valence-corrected chi connectivity index (χ2v) is 5.39. The molecule has 2 rings (SSSR count). The van der Waals surface area contributed by atoms with E-state index < -0.39 is 9.84 Å². The Kier molecular flexibility index (Phi) is 2.16. The van der Waals surface area contributed by atoms with E-state index >= 15 is 0 Å². The Hall–Kier alpha value is -1.55. The first-order chi connectivity index (χ1) is 7.01. The summed E-state index contributed by atoms with van der Waals surface area (Å²) >= 11 is 0. The third-order valence-corrected chi connectivity index (χ3v) is 4.01. The molecule has 0 saturated heterocycles. The van der Waals surface area contributed by atoms with E-state index in [0.717, 1.165) is 5.56 Å². The number of rotatable bonds is 1. The molecule has 0 unspecified atom stereocenters. The van der Waals surface area contributed by atoms with Crippen LogP contribution in [0.15, 0.2) is 41.4 Å². The molecule has 0 fully saturated rings. The van der Waals surface area contributed by atoms with Crippen molar-refractivity contribution in [3.05, 3.63) is 52.6 Å². The third kappa shape index (κ3) is 1.57. The zero-order valence-electron chi connectivity index (χ0n) is 8.27. The van der Waals surface area contributed by atoms with Crippen LogP contribution in [-0.4, -0.2) is 8.42 Å². The van der Waals surface area contributed by atoms with Crippen LogP contribution in [0.25, 0.3) is 4.91 Å². The Bertz CT molecular complexity index is 568. The quantitative estimate of drug-likeness (QED) is 0.783. The maximum Gasteiger partial charge on any atom is 0.221 e. The SMILES string of the molecule is Cc1cccc(C2=CC=C(N)S2(=O)=O)c1. The Morgan fingerprint density at radius 3 is 2.47 bits per heavy atom. The van der Waals surface area contributed by atoms with Gasteiger partial charge in [-0.3, -0.25) is 0 Å². The summed E-state index contributed by atoms with van der Waals surface area (Å²) in [5, 5.41) is -0.0843. The van der Waals surface area contributed by atoms with Gasteiger partial charge < -0.3 is 5.73 Å². The maximum absolute atomic E-state index is 11.7. The minimum absolute atomic E-state index is 0.0843. The second-order valence-electron chi connectivity index (χ2n) is 3.47. The molecule has 0 aromatic heterocycles. The van der Waals surface area contributed by atoms with Crippen molar-refractivity contribution in [2.45, 2.75) is 6.92 Å². The molecule has 78 valence electrons. The van der Waals surface area contributed by atoms with Gasteiger partial charge in [0, 0.05) is 0 Å². The molecule has 1 aliphatic heterocycles. The fourth-order valence-electron chi connectivity index (χ4n) is 1.51. The summed E-state index contributed by atoms with van der Waals surface area (Å²) in [6, 6.07) is 7.34. The van der Waals surface area contributed by atoms with Gasteiger partial charge in [-0.2, -0.15) is 0 Å². The van der Waals surface area contributed by atoms with E-state index in [1.165, 1.54) is 6.08 Å². The number of benzene rings is 1. The molecule has 3 nitrogen and oxygen atoms in total. The maximum atomic E-state index is 11.7. The van der Waals surface area contributed by atoms with Gasteiger partial charge in [-0.05, 0) is 24.6 Å². The molecule has 0 radical (unpaired) electrons. The lowest BCUT2D eigenvalue weighted by Crippen LogP contribution is -2.09. The number of allylic oxidation sites excluding steroid dienone is 2. The van der Waals surface area contributed by atoms with Crippen molar-refractivity contribution < 1.29 is 8.42 Å². The Labute approximate surface area is 88.8 Å². The molecular weight excluding hydrogens is 210 g/mol. The van der Waals surface area contributed by atoms with Gasteiger partial charge in [0.15, 0.2) is 0 Å². The zero-order chi connectivity index (χ0) is 11.1. The van der Waals surface area contributed by atoms with Crippen LogP contribution in [0, 0.1) is 6.92 Å². The van der Waals surface area contributed by atoms with Crippen LogP contribution in [0.4, 0.5) is 0 Å². The third-order valence-electron chi connectivity index (χ3n) is 2.30. The van der Waals surface area contributed by atoms with E-state index in [1.54, 1.807) is 12.1 Å². The van der Waals surface area contributed by atoms with E-state index in [0.29, 0.717) is 5.56 Å². The Balaban J connectivity index is 2.54. The van der Waals surface area contributed by atoms with Gasteiger partial charge in [0.25, 0.3) is 0 Å². The van der Waals surface area contributed by atoms with E-state index in [2.05, 4.69) is 0 Å². The summed E-state index contributed by atoms with van der Waals surface area (Å²) in [5.41, 5.74) is 7.11. The zero-order valence-corrected chi connectivity index (χ0v) is 9.08. The molecule has 1 heterocycles. The molecule has 0 saturated carbocycles. The van der Waals surface area contributed by atoms with Gasteiger partial charge in [-0.15, -0.1) is 0 Å². The highest BCUT2D eigenvalue weighted by Crippen LogP contribution is 2.30. The summed E-state index contributed by atoms with van der Waals surface area (Å²) in [5.74, 6) is 0. The normalized spacial score (nSPS) is 18.5. The highest BCUT2D eigenvalue weighted by Gasteiger charge is 2.26. The monoisotopic (exact) mass is 221 g/mol. The number of hydrogen-bond donors (Lipinski definition) is 1. The molecule has 0 spiro atoms. The van der Waals surface area contributed by atoms with E-state index in [1.807, 2.05) is 25.1 Å². The highest BCUT2D eigenvalue weighted by atomic mass is 32.2. The molecule has 0 atom stereocenters. The van der Waals surface area contributed by atoms with Gasteiger partial charge in [-0.25, -0.2) is 8.42 Å². The summed E-state index contributed by atoms with van der Waals surface area (Å²) in [6.07, 6.45) is 2.96. The van der Waals surface area contributed by atoms with Gasteiger partial charge in [0.1, 0.15) is 5.03 Å². The molecule has 1 aromatic rings. The van der Waals surface area contributed by atoms with Crippen LogP contribution in [-0.2, 0) is 9.84 Å². The summed E-state index contributed by atoms with van der Waals surface area (Å²) in [7, 11) is -3.44. The van der Waals surface area contributed by atoms with Crippen molar-refractivity contribution in [2.24, 2.45) is 5.73 Å². The highest BCUT2D eigenvalue weighted by molar-refractivity contribution is 8.04. The summed E-state index contributed by atoms with van der Waals surface area (Å²) in [4.78, 5) is 0.281. The largest absolute Gasteiger partial charge is 0.389 e. The molecule has 0 aliphatic carbocycles. The van der Waals surface area contributed by atoms with Crippen molar-refractivity contribution in [3.8, 4) is 0 Å². The van der Waals surface area contributed by atoms with Crippen molar-refractivity contribution in [2.75, 3.05) is 0 Å². The van der Waals surface area contributed by atoms with Gasteiger partial charge in [0.2, 0.25) is 9.84 Å². The average molecular weight is 221 g/mol. The summed E-state index contributed by atoms with van der Waals surface area (Å²) in [6.45, 7) is 1.92. The predicted molar refractivity (Wildman–Crippen MR) is 60.3 cm³/mol. The van der Waals surface area contributed by atoms with Gasteiger partial charge in [0.05, 0.1) is 4.91 Å². The first-order valence-corrected chi connectivity index (χ1v) is 6.00. The minimum Gasteiger partial charge on any atom is -0.389 e. The van der Waals surface area contributed by atoms with Crippen LogP contribution in [0.2, 0.25) is 0 Å². The van der Waals surface area contributed by atoms with Crippen molar-refractivity contribution in [3.63, 3.8) is 0 Å². The number of sulfone groups is 1. The van der Waals surface area contributed by atoms with Crippen LogP contribution in [0.1, 0.15) is 11.1 Å². The number of nitrogens with two attached hydrogens (primary N) is 1. The molecular formula is C11H11NO2S. The molecule has 4 heteroatoms. The lowest BCUT2D eigenvalue weighted by molar-refractivity contribution is 0.611. The second kappa shape index (κ2) is 3.24. The van der Waals surface area contributed by atoms with Gasteiger partial charge in [-0.1, -0.05) is 29.8 Å². The number of hydrogen-bond acceptors (Lipinski definition) is 3. The number of aryl methyl sites for hydroxylation is 1. The van der Waals surface area contributed by atoms with Crippen LogP contribution >= 0.6 is 0 Å². The summed E-state index contributed by atoms with van der Waals surface area (Å²) < 4.78 is 23.5. The van der Waals surface area contributed by atoms with E-state index in [-0.39, 0.29) is 9.93 Å². The molecule has 15 heavy (non-hydrogen) atoms. The van der Waals surface area contributed by atoms with Crippen molar-refractivity contribution in [1.29, 1.82) is 0 Å². The molecule has 1 aromatic carbocycles.